The Bertz CT molecular complexity index is 888. The molecule has 0 heterocycles. The Balaban J connectivity index is 1.79. The Morgan fingerprint density at radius 1 is 0.421 bits per heavy atom. The molecule has 0 amide bonds. The molecule has 0 saturated carbocycles. The first-order chi connectivity index (χ1) is 18.8. The number of hydrogen-bond acceptors (Lipinski definition) is 2. The minimum absolute atomic E-state index is 0.0196. The molecule has 0 aliphatic heterocycles. The molecule has 0 aliphatic rings. The number of para-hydroxylation sites is 2. The van der Waals surface area contributed by atoms with E-state index in [1.54, 1.807) is 0 Å². The summed E-state index contributed by atoms with van der Waals surface area (Å²) in [6.45, 7) is 4.56. The van der Waals surface area contributed by atoms with E-state index in [4.69, 9.17) is 9.47 Å². The third-order valence-corrected chi connectivity index (χ3v) is 7.37. The Labute approximate surface area is 232 Å². The molecule has 2 unspecified atom stereocenters. The largest absolute Gasteiger partial charge is 0.486 e. The van der Waals surface area contributed by atoms with Crippen LogP contribution in [0.15, 0.2) is 84.9 Å². The van der Waals surface area contributed by atoms with Crippen molar-refractivity contribution in [3.8, 4) is 11.5 Å². The highest BCUT2D eigenvalue weighted by Crippen LogP contribution is 2.36. The molecule has 0 N–H and O–H groups in total. The summed E-state index contributed by atoms with van der Waals surface area (Å²) in [7, 11) is 0. The highest BCUT2D eigenvalue weighted by Gasteiger charge is 2.23. The first-order valence-electron chi connectivity index (χ1n) is 15.3. The van der Waals surface area contributed by atoms with Crippen LogP contribution in [0.5, 0.6) is 11.5 Å². The molecule has 0 saturated heterocycles. The smallest absolute Gasteiger partial charge is 0.124 e. The molecule has 2 atom stereocenters. The molecule has 38 heavy (non-hydrogen) atoms. The summed E-state index contributed by atoms with van der Waals surface area (Å²) in [5.41, 5.74) is 2.55. The summed E-state index contributed by atoms with van der Waals surface area (Å²) < 4.78 is 13.4. The van der Waals surface area contributed by atoms with Gasteiger partial charge in [-0.3, -0.25) is 0 Å². The Hall–Kier alpha value is -2.74. The van der Waals surface area contributed by atoms with Crippen LogP contribution < -0.4 is 9.47 Å². The van der Waals surface area contributed by atoms with Crippen LogP contribution in [0.2, 0.25) is 0 Å². The van der Waals surface area contributed by atoms with E-state index in [2.05, 4.69) is 86.6 Å². The third-order valence-electron chi connectivity index (χ3n) is 7.37. The molecule has 0 fully saturated rings. The van der Waals surface area contributed by atoms with E-state index in [0.717, 1.165) is 24.3 Å². The van der Waals surface area contributed by atoms with E-state index in [-0.39, 0.29) is 12.2 Å². The molecule has 0 bridgehead atoms. The van der Waals surface area contributed by atoms with Crippen molar-refractivity contribution in [2.45, 2.75) is 116 Å². The van der Waals surface area contributed by atoms with Crippen LogP contribution in [0.25, 0.3) is 0 Å². The molecule has 3 rings (SSSR count). The minimum atomic E-state index is 0.0196. The maximum Gasteiger partial charge on any atom is 0.124 e. The average molecular weight is 515 g/mol. The molecular formula is C36H50O2. The highest BCUT2D eigenvalue weighted by molar-refractivity contribution is 5.34. The van der Waals surface area contributed by atoms with Crippen LogP contribution in [0, 0.1) is 0 Å². The zero-order valence-electron chi connectivity index (χ0n) is 24.0. The standard InChI is InChI=1S/C36H50O2/c1-3-5-7-9-11-19-29-35(37-31-23-15-13-16-24-31)33-27-21-22-28-34(33)36(30-20-12-10-8-6-4-2)38-32-25-17-14-18-26-32/h13-18,21-28,35-36H,3-12,19-20,29-30H2,1-2H3. The van der Waals surface area contributed by atoms with Crippen LogP contribution >= 0.6 is 0 Å². The second-order valence-electron chi connectivity index (χ2n) is 10.6. The fraction of sp³-hybridized carbons (Fsp3) is 0.500. The summed E-state index contributed by atoms with van der Waals surface area (Å²) in [5, 5.41) is 0. The van der Waals surface area contributed by atoms with Crippen LogP contribution in [-0.4, -0.2) is 0 Å². The van der Waals surface area contributed by atoms with Crippen LogP contribution in [0.3, 0.4) is 0 Å². The first-order valence-corrected chi connectivity index (χ1v) is 15.3. The van der Waals surface area contributed by atoms with Gasteiger partial charge in [-0.25, -0.2) is 0 Å². The van der Waals surface area contributed by atoms with E-state index in [0.29, 0.717) is 0 Å². The van der Waals surface area contributed by atoms with E-state index in [1.807, 2.05) is 12.1 Å². The number of hydrogen-bond donors (Lipinski definition) is 0. The second-order valence-corrected chi connectivity index (χ2v) is 10.6. The van der Waals surface area contributed by atoms with Gasteiger partial charge in [0.2, 0.25) is 0 Å². The lowest BCUT2D eigenvalue weighted by atomic mass is 9.92. The summed E-state index contributed by atoms with van der Waals surface area (Å²) in [5.74, 6) is 1.88. The van der Waals surface area contributed by atoms with Gasteiger partial charge < -0.3 is 9.47 Å². The summed E-state index contributed by atoms with van der Waals surface area (Å²) >= 11 is 0. The van der Waals surface area contributed by atoms with Crippen molar-refractivity contribution < 1.29 is 9.47 Å². The number of rotatable bonds is 20. The molecule has 0 aliphatic carbocycles. The van der Waals surface area contributed by atoms with Crippen molar-refractivity contribution >= 4 is 0 Å². The van der Waals surface area contributed by atoms with Gasteiger partial charge in [0, 0.05) is 0 Å². The molecule has 3 aromatic carbocycles. The number of unbranched alkanes of at least 4 members (excludes halogenated alkanes) is 10. The summed E-state index contributed by atoms with van der Waals surface area (Å²) in [6.07, 6.45) is 17.5. The monoisotopic (exact) mass is 514 g/mol. The summed E-state index contributed by atoms with van der Waals surface area (Å²) in [6, 6.07) is 29.5. The van der Waals surface area contributed by atoms with Gasteiger partial charge in [-0.1, -0.05) is 139 Å². The molecule has 3 aromatic rings. The predicted molar refractivity (Wildman–Crippen MR) is 162 cm³/mol. The molecule has 206 valence electrons. The van der Waals surface area contributed by atoms with Gasteiger partial charge in [0.05, 0.1) is 0 Å². The van der Waals surface area contributed by atoms with Gasteiger partial charge in [0.25, 0.3) is 0 Å². The van der Waals surface area contributed by atoms with Crippen molar-refractivity contribution in [1.82, 2.24) is 0 Å². The fourth-order valence-electron chi connectivity index (χ4n) is 5.20. The topological polar surface area (TPSA) is 18.5 Å². The lowest BCUT2D eigenvalue weighted by Gasteiger charge is -2.27. The SMILES string of the molecule is CCCCCCCCC(Oc1ccccc1)c1ccccc1C(CCCCCCCC)Oc1ccccc1. The lowest BCUT2D eigenvalue weighted by Crippen LogP contribution is -2.16. The molecule has 2 nitrogen and oxygen atoms in total. The Morgan fingerprint density at radius 3 is 1.16 bits per heavy atom. The normalized spacial score (nSPS) is 12.7. The highest BCUT2D eigenvalue weighted by atomic mass is 16.5. The first kappa shape index (κ1) is 29.8. The zero-order chi connectivity index (χ0) is 26.7. The van der Waals surface area contributed by atoms with Crippen molar-refractivity contribution in [2.24, 2.45) is 0 Å². The zero-order valence-corrected chi connectivity index (χ0v) is 24.0. The van der Waals surface area contributed by atoms with Gasteiger partial charge in [-0.2, -0.15) is 0 Å². The van der Waals surface area contributed by atoms with Gasteiger partial charge in [-0.15, -0.1) is 0 Å². The van der Waals surface area contributed by atoms with Gasteiger partial charge >= 0.3 is 0 Å². The third kappa shape index (κ3) is 10.9. The van der Waals surface area contributed by atoms with E-state index in [9.17, 15) is 0 Å². The number of ether oxygens (including phenoxy) is 2. The van der Waals surface area contributed by atoms with Crippen LogP contribution in [0.1, 0.15) is 127 Å². The Kier molecular flexibility index (Phi) is 14.5. The number of benzene rings is 3. The fourth-order valence-corrected chi connectivity index (χ4v) is 5.20. The molecule has 2 heteroatoms. The lowest BCUT2D eigenvalue weighted by molar-refractivity contribution is 0.167. The van der Waals surface area contributed by atoms with Crippen LogP contribution in [-0.2, 0) is 0 Å². The van der Waals surface area contributed by atoms with Gasteiger partial charge in [-0.05, 0) is 61.1 Å². The quantitative estimate of drug-likeness (QED) is 0.140. The van der Waals surface area contributed by atoms with Crippen molar-refractivity contribution in [2.75, 3.05) is 0 Å². The van der Waals surface area contributed by atoms with Crippen molar-refractivity contribution in [3.05, 3.63) is 96.1 Å². The van der Waals surface area contributed by atoms with E-state index >= 15 is 0 Å². The predicted octanol–water partition coefficient (Wildman–Crippen LogP) is 11.4. The molecule has 0 aromatic heterocycles. The molecule has 0 radical (unpaired) electrons. The minimum Gasteiger partial charge on any atom is -0.486 e. The van der Waals surface area contributed by atoms with E-state index in [1.165, 1.54) is 88.2 Å². The average Bonchev–Trinajstić information content (AvgIpc) is 2.96. The summed E-state index contributed by atoms with van der Waals surface area (Å²) in [4.78, 5) is 0. The van der Waals surface area contributed by atoms with Crippen LogP contribution in [0.4, 0.5) is 0 Å². The van der Waals surface area contributed by atoms with E-state index < -0.39 is 0 Å². The van der Waals surface area contributed by atoms with Crippen molar-refractivity contribution in [1.29, 1.82) is 0 Å². The van der Waals surface area contributed by atoms with Gasteiger partial charge in [0.15, 0.2) is 0 Å². The van der Waals surface area contributed by atoms with Crippen molar-refractivity contribution in [3.63, 3.8) is 0 Å². The maximum atomic E-state index is 6.68. The molecule has 0 spiro atoms. The second kappa shape index (κ2) is 18.5. The van der Waals surface area contributed by atoms with Gasteiger partial charge in [0.1, 0.15) is 23.7 Å². The molecular weight excluding hydrogens is 464 g/mol. The maximum absolute atomic E-state index is 6.68. The Morgan fingerprint density at radius 2 is 0.763 bits per heavy atom.